The number of carbonyl (C=O) groups is 1. The first kappa shape index (κ1) is 13.3. The molecule has 1 aromatic carbocycles. The number of nitrogens with zero attached hydrogens (tertiary/aromatic N) is 3. The SMILES string of the molecule is Cn1nncc1C(=O)Cc1ccc(C(F)(F)F)cc1. The topological polar surface area (TPSA) is 47.8 Å². The molecule has 0 atom stereocenters. The maximum atomic E-state index is 12.4. The van der Waals surface area contributed by atoms with Crippen molar-refractivity contribution in [2.75, 3.05) is 0 Å². The van der Waals surface area contributed by atoms with Crippen LogP contribution in [0.2, 0.25) is 0 Å². The third-order valence-electron chi connectivity index (χ3n) is 2.65. The fourth-order valence-corrected chi connectivity index (χ4v) is 1.63. The number of alkyl halides is 3. The van der Waals surface area contributed by atoms with E-state index in [9.17, 15) is 18.0 Å². The highest BCUT2D eigenvalue weighted by molar-refractivity contribution is 5.95. The summed E-state index contributed by atoms with van der Waals surface area (Å²) in [7, 11) is 1.58. The Hall–Kier alpha value is -2.18. The zero-order chi connectivity index (χ0) is 14.0. The summed E-state index contributed by atoms with van der Waals surface area (Å²) in [4.78, 5) is 11.9. The second kappa shape index (κ2) is 4.83. The van der Waals surface area contributed by atoms with E-state index in [0.717, 1.165) is 12.1 Å². The molecule has 0 N–H and O–H groups in total. The van der Waals surface area contributed by atoms with E-state index in [2.05, 4.69) is 10.3 Å². The van der Waals surface area contributed by atoms with Crippen molar-refractivity contribution in [3.63, 3.8) is 0 Å². The van der Waals surface area contributed by atoms with Crippen molar-refractivity contribution in [3.05, 3.63) is 47.3 Å². The van der Waals surface area contributed by atoms with Crippen LogP contribution < -0.4 is 0 Å². The van der Waals surface area contributed by atoms with Crippen molar-refractivity contribution in [2.45, 2.75) is 12.6 Å². The molecule has 0 aliphatic rings. The number of hydrogen-bond acceptors (Lipinski definition) is 3. The van der Waals surface area contributed by atoms with E-state index in [4.69, 9.17) is 0 Å². The number of carbonyl (C=O) groups excluding carboxylic acids is 1. The van der Waals surface area contributed by atoms with E-state index in [-0.39, 0.29) is 12.2 Å². The highest BCUT2D eigenvalue weighted by Gasteiger charge is 2.30. The fourth-order valence-electron chi connectivity index (χ4n) is 1.63. The zero-order valence-corrected chi connectivity index (χ0v) is 9.98. The maximum absolute atomic E-state index is 12.4. The second-order valence-corrected chi connectivity index (χ2v) is 4.04. The van der Waals surface area contributed by atoms with Crippen LogP contribution in [0.5, 0.6) is 0 Å². The van der Waals surface area contributed by atoms with E-state index in [1.54, 1.807) is 7.05 Å². The number of rotatable bonds is 3. The summed E-state index contributed by atoms with van der Waals surface area (Å²) in [6, 6.07) is 4.52. The lowest BCUT2D eigenvalue weighted by molar-refractivity contribution is -0.137. The first-order valence-corrected chi connectivity index (χ1v) is 5.42. The van der Waals surface area contributed by atoms with E-state index in [0.29, 0.717) is 11.3 Å². The molecule has 1 heterocycles. The highest BCUT2D eigenvalue weighted by Crippen LogP contribution is 2.29. The Morgan fingerprint density at radius 1 is 1.26 bits per heavy atom. The number of halogens is 3. The van der Waals surface area contributed by atoms with Crippen LogP contribution in [-0.4, -0.2) is 20.8 Å². The lowest BCUT2D eigenvalue weighted by Crippen LogP contribution is -2.10. The van der Waals surface area contributed by atoms with Crippen LogP contribution in [0.4, 0.5) is 13.2 Å². The lowest BCUT2D eigenvalue weighted by atomic mass is 10.1. The quantitative estimate of drug-likeness (QED) is 0.803. The van der Waals surface area contributed by atoms with Gasteiger partial charge in [0, 0.05) is 13.5 Å². The Morgan fingerprint density at radius 2 is 1.89 bits per heavy atom. The Morgan fingerprint density at radius 3 is 2.37 bits per heavy atom. The maximum Gasteiger partial charge on any atom is 0.416 e. The van der Waals surface area contributed by atoms with Gasteiger partial charge in [-0.2, -0.15) is 13.2 Å². The summed E-state index contributed by atoms with van der Waals surface area (Å²) in [5, 5.41) is 7.20. The van der Waals surface area contributed by atoms with Gasteiger partial charge in [-0.15, -0.1) is 5.10 Å². The molecule has 0 unspecified atom stereocenters. The molecule has 4 nitrogen and oxygen atoms in total. The third kappa shape index (κ3) is 2.98. The molecule has 0 radical (unpaired) electrons. The van der Waals surface area contributed by atoms with Gasteiger partial charge >= 0.3 is 6.18 Å². The number of ketones is 1. The largest absolute Gasteiger partial charge is 0.416 e. The van der Waals surface area contributed by atoms with Gasteiger partial charge in [-0.3, -0.25) is 4.79 Å². The molecule has 2 rings (SSSR count). The van der Waals surface area contributed by atoms with Gasteiger partial charge in [-0.1, -0.05) is 17.3 Å². The molecule has 19 heavy (non-hydrogen) atoms. The van der Waals surface area contributed by atoms with Crippen molar-refractivity contribution < 1.29 is 18.0 Å². The van der Waals surface area contributed by atoms with Gasteiger partial charge in [0.05, 0.1) is 11.8 Å². The van der Waals surface area contributed by atoms with E-state index >= 15 is 0 Å². The normalized spacial score (nSPS) is 11.6. The van der Waals surface area contributed by atoms with Gasteiger partial charge in [-0.25, -0.2) is 4.68 Å². The molecule has 0 bridgehead atoms. The molecule has 2 aromatic rings. The van der Waals surface area contributed by atoms with Crippen molar-refractivity contribution in [1.82, 2.24) is 15.0 Å². The van der Waals surface area contributed by atoms with Crippen LogP contribution in [0, 0.1) is 0 Å². The molecule has 0 aliphatic carbocycles. The molecule has 0 aliphatic heterocycles. The number of aryl methyl sites for hydroxylation is 1. The van der Waals surface area contributed by atoms with Crippen molar-refractivity contribution in [2.24, 2.45) is 7.05 Å². The number of hydrogen-bond donors (Lipinski definition) is 0. The predicted octanol–water partition coefficient (Wildman–Crippen LogP) is 2.26. The van der Waals surface area contributed by atoms with Crippen LogP contribution in [0.25, 0.3) is 0 Å². The van der Waals surface area contributed by atoms with Gasteiger partial charge in [0.1, 0.15) is 5.69 Å². The Bertz CT molecular complexity index is 587. The van der Waals surface area contributed by atoms with Crippen molar-refractivity contribution in [1.29, 1.82) is 0 Å². The molecule has 0 fully saturated rings. The first-order valence-electron chi connectivity index (χ1n) is 5.42. The Labute approximate surface area is 106 Å². The minimum Gasteiger partial charge on any atom is -0.292 e. The van der Waals surface area contributed by atoms with E-state index in [1.807, 2.05) is 0 Å². The van der Waals surface area contributed by atoms with Crippen LogP contribution >= 0.6 is 0 Å². The van der Waals surface area contributed by atoms with Crippen molar-refractivity contribution in [3.8, 4) is 0 Å². The summed E-state index contributed by atoms with van der Waals surface area (Å²) >= 11 is 0. The molecule has 7 heteroatoms. The van der Waals surface area contributed by atoms with Gasteiger partial charge in [-0.05, 0) is 17.7 Å². The number of benzene rings is 1. The predicted molar refractivity (Wildman–Crippen MR) is 60.5 cm³/mol. The Kier molecular flexibility index (Phi) is 3.37. The van der Waals surface area contributed by atoms with Crippen molar-refractivity contribution >= 4 is 5.78 Å². The van der Waals surface area contributed by atoms with Crippen LogP contribution in [0.3, 0.4) is 0 Å². The van der Waals surface area contributed by atoms with Crippen LogP contribution in [0.15, 0.2) is 30.5 Å². The van der Waals surface area contributed by atoms with E-state index < -0.39 is 11.7 Å². The highest BCUT2D eigenvalue weighted by atomic mass is 19.4. The van der Waals surface area contributed by atoms with Gasteiger partial charge < -0.3 is 0 Å². The van der Waals surface area contributed by atoms with E-state index in [1.165, 1.54) is 23.0 Å². The minimum absolute atomic E-state index is 0.0132. The summed E-state index contributed by atoms with van der Waals surface area (Å²) in [6.45, 7) is 0. The average Bonchev–Trinajstić information content (AvgIpc) is 2.75. The molecule has 0 saturated carbocycles. The summed E-state index contributed by atoms with van der Waals surface area (Å²) < 4.78 is 38.4. The molecule has 0 saturated heterocycles. The van der Waals surface area contributed by atoms with Crippen LogP contribution in [-0.2, 0) is 19.6 Å². The average molecular weight is 269 g/mol. The minimum atomic E-state index is -4.37. The Balaban J connectivity index is 2.12. The second-order valence-electron chi connectivity index (χ2n) is 4.04. The summed E-state index contributed by atoms with van der Waals surface area (Å²) in [5.74, 6) is -0.243. The van der Waals surface area contributed by atoms with Gasteiger partial charge in [0.15, 0.2) is 5.78 Å². The summed E-state index contributed by atoms with van der Waals surface area (Å²) in [5.41, 5.74) is 0.102. The standard InChI is InChI=1S/C12H10F3N3O/c1-18-10(7-16-17-18)11(19)6-8-2-4-9(5-3-8)12(13,14)15/h2-5,7H,6H2,1H3. The third-order valence-corrected chi connectivity index (χ3v) is 2.65. The fraction of sp³-hybridized carbons (Fsp3) is 0.250. The smallest absolute Gasteiger partial charge is 0.292 e. The molecule has 100 valence electrons. The summed E-state index contributed by atoms with van der Waals surface area (Å²) in [6.07, 6.45) is -3.03. The van der Waals surface area contributed by atoms with Crippen LogP contribution in [0.1, 0.15) is 21.6 Å². The number of aromatic nitrogens is 3. The zero-order valence-electron chi connectivity index (χ0n) is 9.98. The first-order chi connectivity index (χ1) is 8.88. The number of Topliss-reactive ketones (excluding diaryl/α,β-unsaturated/α-hetero) is 1. The lowest BCUT2D eigenvalue weighted by Gasteiger charge is -2.07. The van der Waals surface area contributed by atoms with Gasteiger partial charge in [0.25, 0.3) is 0 Å². The molecular formula is C12H10F3N3O. The molecule has 1 aromatic heterocycles. The molecule has 0 amide bonds. The van der Waals surface area contributed by atoms with Gasteiger partial charge in [0.2, 0.25) is 0 Å². The monoisotopic (exact) mass is 269 g/mol. The molecule has 0 spiro atoms. The molecular weight excluding hydrogens is 259 g/mol.